The fourth-order valence-corrected chi connectivity index (χ4v) is 2.30. The number of anilines is 1. The first-order valence-corrected chi connectivity index (χ1v) is 6.13. The summed E-state index contributed by atoms with van der Waals surface area (Å²) in [6.07, 6.45) is 3.71. The number of aliphatic hydroxyl groups is 1. The molecule has 0 unspecified atom stereocenters. The topological polar surface area (TPSA) is 45.6 Å². The third kappa shape index (κ3) is 2.76. The van der Waals surface area contributed by atoms with Crippen LogP contribution in [-0.4, -0.2) is 36.4 Å². The molecule has 0 bridgehead atoms. The second-order valence-corrected chi connectivity index (χ2v) is 4.51. The van der Waals surface area contributed by atoms with Gasteiger partial charge in [-0.25, -0.2) is 4.98 Å². The van der Waals surface area contributed by atoms with E-state index < -0.39 is 6.10 Å². The van der Waals surface area contributed by atoms with E-state index in [0.717, 1.165) is 37.3 Å². The van der Waals surface area contributed by atoms with Crippen LogP contribution >= 0.6 is 0 Å². The molecular formula is C13H20N2O2. The number of nitrogens with zero attached hydrogens (tertiary/aromatic N) is 2. The van der Waals surface area contributed by atoms with E-state index in [0.29, 0.717) is 6.10 Å². The molecular weight excluding hydrogens is 216 g/mol. The molecule has 0 aliphatic carbocycles. The van der Waals surface area contributed by atoms with Crippen LogP contribution in [-0.2, 0) is 4.74 Å². The lowest BCUT2D eigenvalue weighted by Crippen LogP contribution is -2.37. The Hall–Kier alpha value is -1.13. The molecule has 4 heteroatoms. The highest BCUT2D eigenvalue weighted by Gasteiger charge is 2.22. The quantitative estimate of drug-likeness (QED) is 0.868. The molecule has 2 rings (SSSR count). The van der Waals surface area contributed by atoms with Crippen LogP contribution < -0.4 is 4.90 Å². The van der Waals surface area contributed by atoms with Gasteiger partial charge in [-0.15, -0.1) is 0 Å². The molecule has 1 aromatic heterocycles. The molecule has 0 saturated carbocycles. The molecule has 4 nitrogen and oxygen atoms in total. The number of pyridine rings is 1. The number of hydrogen-bond donors (Lipinski definition) is 1. The van der Waals surface area contributed by atoms with Crippen LogP contribution in [0.1, 0.15) is 31.4 Å². The van der Waals surface area contributed by atoms with Crippen molar-refractivity contribution < 1.29 is 9.84 Å². The molecule has 17 heavy (non-hydrogen) atoms. The van der Waals surface area contributed by atoms with Crippen molar-refractivity contribution in [3.63, 3.8) is 0 Å². The van der Waals surface area contributed by atoms with E-state index in [9.17, 15) is 5.11 Å². The van der Waals surface area contributed by atoms with Crippen LogP contribution in [0.15, 0.2) is 18.3 Å². The zero-order valence-electron chi connectivity index (χ0n) is 10.5. The SMILES string of the molecule is COC1CCN(c2ncccc2[C@H](C)O)CC1. The van der Waals surface area contributed by atoms with Gasteiger partial charge in [0, 0.05) is 32.0 Å². The number of aromatic nitrogens is 1. The summed E-state index contributed by atoms with van der Waals surface area (Å²) < 4.78 is 5.36. The van der Waals surface area contributed by atoms with Crippen molar-refractivity contribution in [1.29, 1.82) is 0 Å². The second-order valence-electron chi connectivity index (χ2n) is 4.51. The molecule has 1 atom stereocenters. The van der Waals surface area contributed by atoms with E-state index in [1.165, 1.54) is 0 Å². The third-order valence-electron chi connectivity index (χ3n) is 3.34. The first kappa shape index (κ1) is 12.3. The Morgan fingerprint density at radius 2 is 2.18 bits per heavy atom. The highest BCUT2D eigenvalue weighted by atomic mass is 16.5. The van der Waals surface area contributed by atoms with Crippen LogP contribution in [0, 0.1) is 0 Å². The van der Waals surface area contributed by atoms with Crippen LogP contribution in [0.4, 0.5) is 5.82 Å². The summed E-state index contributed by atoms with van der Waals surface area (Å²) in [7, 11) is 1.77. The van der Waals surface area contributed by atoms with Crippen LogP contribution in [0.2, 0.25) is 0 Å². The smallest absolute Gasteiger partial charge is 0.134 e. The standard InChI is InChI=1S/C13H20N2O2/c1-10(16)12-4-3-7-14-13(12)15-8-5-11(17-2)6-9-15/h3-4,7,10-11,16H,5-6,8-9H2,1-2H3/t10-/m0/s1. The highest BCUT2D eigenvalue weighted by Crippen LogP contribution is 2.26. The first-order chi connectivity index (χ1) is 8.22. The Bertz CT molecular complexity index is 360. The monoisotopic (exact) mass is 236 g/mol. The summed E-state index contributed by atoms with van der Waals surface area (Å²) in [6.45, 7) is 3.66. The zero-order chi connectivity index (χ0) is 12.3. The van der Waals surface area contributed by atoms with E-state index in [2.05, 4.69) is 9.88 Å². The number of ether oxygens (including phenoxy) is 1. The van der Waals surface area contributed by atoms with E-state index in [1.807, 2.05) is 12.1 Å². The Morgan fingerprint density at radius 1 is 1.47 bits per heavy atom. The Balaban J connectivity index is 2.13. The summed E-state index contributed by atoms with van der Waals surface area (Å²) in [4.78, 5) is 6.63. The number of hydrogen-bond acceptors (Lipinski definition) is 4. The first-order valence-electron chi connectivity index (χ1n) is 6.13. The molecule has 0 spiro atoms. The lowest BCUT2D eigenvalue weighted by atomic mass is 10.1. The fraction of sp³-hybridized carbons (Fsp3) is 0.615. The van der Waals surface area contributed by atoms with Gasteiger partial charge in [0.05, 0.1) is 12.2 Å². The number of aliphatic hydroxyl groups excluding tert-OH is 1. The summed E-state index contributed by atoms with van der Waals surface area (Å²) in [5.41, 5.74) is 0.906. The lowest BCUT2D eigenvalue weighted by molar-refractivity contribution is 0.0816. The van der Waals surface area contributed by atoms with Gasteiger partial charge in [0.15, 0.2) is 0 Å². The minimum Gasteiger partial charge on any atom is -0.389 e. The van der Waals surface area contributed by atoms with E-state index in [1.54, 1.807) is 20.2 Å². The summed E-state index contributed by atoms with van der Waals surface area (Å²) in [5.74, 6) is 0.914. The van der Waals surface area contributed by atoms with Crippen molar-refractivity contribution in [3.05, 3.63) is 23.9 Å². The molecule has 0 radical (unpaired) electrons. The maximum absolute atomic E-state index is 9.74. The number of rotatable bonds is 3. The molecule has 1 saturated heterocycles. The van der Waals surface area contributed by atoms with Crippen molar-refractivity contribution >= 4 is 5.82 Å². The van der Waals surface area contributed by atoms with Crippen molar-refractivity contribution in [3.8, 4) is 0 Å². The second kappa shape index (κ2) is 5.47. The van der Waals surface area contributed by atoms with Crippen molar-refractivity contribution in [1.82, 2.24) is 4.98 Å². The molecule has 0 aromatic carbocycles. The van der Waals surface area contributed by atoms with E-state index in [4.69, 9.17) is 4.74 Å². The average Bonchev–Trinajstić information content (AvgIpc) is 2.39. The van der Waals surface area contributed by atoms with Crippen LogP contribution in [0.5, 0.6) is 0 Å². The summed E-state index contributed by atoms with van der Waals surface area (Å²) in [5, 5.41) is 9.74. The lowest BCUT2D eigenvalue weighted by Gasteiger charge is -2.33. The third-order valence-corrected chi connectivity index (χ3v) is 3.34. The van der Waals surface area contributed by atoms with Gasteiger partial charge in [-0.1, -0.05) is 6.07 Å². The predicted molar refractivity (Wildman–Crippen MR) is 67.1 cm³/mol. The van der Waals surface area contributed by atoms with Gasteiger partial charge < -0.3 is 14.7 Å². The van der Waals surface area contributed by atoms with E-state index in [-0.39, 0.29) is 0 Å². The molecule has 1 fully saturated rings. The molecule has 94 valence electrons. The maximum Gasteiger partial charge on any atom is 0.134 e. The minimum atomic E-state index is -0.473. The van der Waals surface area contributed by atoms with Gasteiger partial charge >= 0.3 is 0 Å². The molecule has 1 N–H and O–H groups in total. The Labute approximate surface area is 102 Å². The molecule has 1 aliphatic rings. The Morgan fingerprint density at radius 3 is 2.76 bits per heavy atom. The Kier molecular flexibility index (Phi) is 3.97. The van der Waals surface area contributed by atoms with Crippen molar-refractivity contribution in [2.45, 2.75) is 32.0 Å². The van der Waals surface area contributed by atoms with Gasteiger partial charge in [0.2, 0.25) is 0 Å². The van der Waals surface area contributed by atoms with Gasteiger partial charge in [-0.2, -0.15) is 0 Å². The molecule has 2 heterocycles. The fourth-order valence-electron chi connectivity index (χ4n) is 2.30. The largest absolute Gasteiger partial charge is 0.389 e. The van der Waals surface area contributed by atoms with Gasteiger partial charge in [0.25, 0.3) is 0 Å². The molecule has 0 amide bonds. The van der Waals surface area contributed by atoms with Gasteiger partial charge in [-0.05, 0) is 25.8 Å². The van der Waals surface area contributed by atoms with Crippen LogP contribution in [0.25, 0.3) is 0 Å². The van der Waals surface area contributed by atoms with E-state index >= 15 is 0 Å². The van der Waals surface area contributed by atoms with Crippen molar-refractivity contribution in [2.75, 3.05) is 25.1 Å². The van der Waals surface area contributed by atoms with Gasteiger partial charge in [0.1, 0.15) is 5.82 Å². The van der Waals surface area contributed by atoms with Crippen molar-refractivity contribution in [2.24, 2.45) is 0 Å². The average molecular weight is 236 g/mol. The number of piperidine rings is 1. The highest BCUT2D eigenvalue weighted by molar-refractivity contribution is 5.48. The summed E-state index contributed by atoms with van der Waals surface area (Å²) in [6, 6.07) is 3.81. The minimum absolute atomic E-state index is 0.366. The summed E-state index contributed by atoms with van der Waals surface area (Å²) >= 11 is 0. The molecule has 1 aliphatic heterocycles. The van der Waals surface area contributed by atoms with Crippen LogP contribution in [0.3, 0.4) is 0 Å². The van der Waals surface area contributed by atoms with Gasteiger partial charge in [-0.3, -0.25) is 0 Å². The molecule has 1 aromatic rings. The zero-order valence-corrected chi connectivity index (χ0v) is 10.5. The maximum atomic E-state index is 9.74. The predicted octanol–water partition coefficient (Wildman–Crippen LogP) is 1.75. The number of methoxy groups -OCH3 is 1. The normalized spacial score (nSPS) is 19.4.